The average Bonchev–Trinajstić information content (AvgIpc) is 3.22. The third kappa shape index (κ3) is 4.15. The zero-order valence-corrected chi connectivity index (χ0v) is 14.8. The van der Waals surface area contributed by atoms with E-state index in [4.69, 9.17) is 4.42 Å². The Labute approximate surface area is 145 Å². The first-order valence-corrected chi connectivity index (χ1v) is 10.0. The third-order valence-electron chi connectivity index (χ3n) is 4.06. The Morgan fingerprint density at radius 2 is 2.13 bits per heavy atom. The van der Waals surface area contributed by atoms with E-state index in [1.807, 2.05) is 30.0 Å². The quantitative estimate of drug-likeness (QED) is 0.702. The zero-order chi connectivity index (χ0) is 16.1. The predicted octanol–water partition coefficient (Wildman–Crippen LogP) is 4.22. The molecule has 0 N–H and O–H groups in total. The second kappa shape index (κ2) is 7.97. The van der Waals surface area contributed by atoms with E-state index in [2.05, 4.69) is 36.1 Å². The molecule has 122 valence electrons. The molecule has 1 saturated heterocycles. The Morgan fingerprint density at radius 1 is 1.30 bits per heavy atom. The van der Waals surface area contributed by atoms with Crippen molar-refractivity contribution in [2.75, 3.05) is 18.1 Å². The molecule has 1 fully saturated rings. The number of thioether (sulfide) groups is 2. The van der Waals surface area contributed by atoms with Gasteiger partial charge in [-0.05, 0) is 17.7 Å². The standard InChI is InChI=1S/C18H21NO2S2/c1-14(15-6-3-2-4-7-15)18-19(17(20)13-23-18)9-11-22-12-16-8-5-10-21-16/h2-8,10,14,18H,9,11-13H2,1H3. The van der Waals surface area contributed by atoms with Crippen molar-refractivity contribution < 1.29 is 9.21 Å². The number of carbonyl (C=O) groups excluding carboxylic acids is 1. The largest absolute Gasteiger partial charge is 0.468 e. The summed E-state index contributed by atoms with van der Waals surface area (Å²) in [6.07, 6.45) is 1.70. The van der Waals surface area contributed by atoms with Crippen LogP contribution in [0.5, 0.6) is 0 Å². The van der Waals surface area contributed by atoms with E-state index in [1.54, 1.807) is 18.0 Å². The molecule has 3 nitrogen and oxygen atoms in total. The minimum absolute atomic E-state index is 0.245. The van der Waals surface area contributed by atoms with Crippen molar-refractivity contribution in [2.24, 2.45) is 0 Å². The molecule has 1 aromatic carbocycles. The van der Waals surface area contributed by atoms with Crippen LogP contribution in [0.3, 0.4) is 0 Å². The highest BCUT2D eigenvalue weighted by Gasteiger charge is 2.35. The Kier molecular flexibility index (Phi) is 5.73. The maximum atomic E-state index is 12.2. The van der Waals surface area contributed by atoms with Gasteiger partial charge in [-0.3, -0.25) is 4.79 Å². The van der Waals surface area contributed by atoms with Gasteiger partial charge in [-0.2, -0.15) is 11.8 Å². The normalized spacial score (nSPS) is 19.3. The molecule has 0 saturated carbocycles. The van der Waals surface area contributed by atoms with Crippen LogP contribution in [0.15, 0.2) is 53.1 Å². The Hall–Kier alpha value is -1.33. The number of amides is 1. The summed E-state index contributed by atoms with van der Waals surface area (Å²) in [6.45, 7) is 3.02. The second-order valence-electron chi connectivity index (χ2n) is 5.62. The zero-order valence-electron chi connectivity index (χ0n) is 13.2. The molecule has 23 heavy (non-hydrogen) atoms. The molecule has 0 spiro atoms. The van der Waals surface area contributed by atoms with E-state index in [0.717, 1.165) is 23.8 Å². The van der Waals surface area contributed by atoms with Gasteiger partial charge in [0.25, 0.3) is 0 Å². The van der Waals surface area contributed by atoms with Crippen molar-refractivity contribution in [3.63, 3.8) is 0 Å². The SMILES string of the molecule is CC(c1ccccc1)C1SCC(=O)N1CCSCc1ccco1. The molecule has 2 heterocycles. The summed E-state index contributed by atoms with van der Waals surface area (Å²) in [5.41, 5.74) is 1.30. The summed E-state index contributed by atoms with van der Waals surface area (Å²) in [5, 5.41) is 0.245. The number of hydrogen-bond acceptors (Lipinski definition) is 4. The molecule has 1 amide bonds. The Bertz CT molecular complexity index is 615. The topological polar surface area (TPSA) is 33.5 Å². The molecule has 5 heteroatoms. The van der Waals surface area contributed by atoms with E-state index in [0.29, 0.717) is 11.7 Å². The van der Waals surface area contributed by atoms with Crippen molar-refractivity contribution in [1.29, 1.82) is 0 Å². The first kappa shape index (κ1) is 16.5. The lowest BCUT2D eigenvalue weighted by Gasteiger charge is -2.29. The second-order valence-corrected chi connectivity index (χ2v) is 7.83. The van der Waals surface area contributed by atoms with Gasteiger partial charge in [-0.15, -0.1) is 11.8 Å². The lowest BCUT2D eigenvalue weighted by atomic mass is 10.0. The van der Waals surface area contributed by atoms with Crippen molar-refractivity contribution in [1.82, 2.24) is 4.90 Å². The van der Waals surface area contributed by atoms with Crippen molar-refractivity contribution in [3.05, 3.63) is 60.1 Å². The van der Waals surface area contributed by atoms with Crippen LogP contribution in [0.1, 0.15) is 24.2 Å². The molecule has 0 radical (unpaired) electrons. The summed E-state index contributed by atoms with van der Waals surface area (Å²) in [6, 6.07) is 14.4. The molecule has 2 atom stereocenters. The molecule has 3 rings (SSSR count). The highest BCUT2D eigenvalue weighted by atomic mass is 32.2. The van der Waals surface area contributed by atoms with Crippen LogP contribution in [0, 0.1) is 0 Å². The van der Waals surface area contributed by atoms with E-state index < -0.39 is 0 Å². The predicted molar refractivity (Wildman–Crippen MR) is 97.7 cm³/mol. The van der Waals surface area contributed by atoms with Gasteiger partial charge >= 0.3 is 0 Å². The van der Waals surface area contributed by atoms with Gasteiger partial charge in [0, 0.05) is 18.2 Å². The van der Waals surface area contributed by atoms with Gasteiger partial charge in [0.05, 0.1) is 23.1 Å². The highest BCUT2D eigenvalue weighted by molar-refractivity contribution is 8.01. The van der Waals surface area contributed by atoms with Crippen molar-refractivity contribution in [3.8, 4) is 0 Å². The molecule has 1 aliphatic heterocycles. The minimum atomic E-state index is 0.245. The molecular weight excluding hydrogens is 326 g/mol. The van der Waals surface area contributed by atoms with Gasteiger partial charge in [0.1, 0.15) is 5.76 Å². The van der Waals surface area contributed by atoms with Crippen LogP contribution < -0.4 is 0 Å². The van der Waals surface area contributed by atoms with Gasteiger partial charge in [-0.25, -0.2) is 0 Å². The maximum absolute atomic E-state index is 12.2. The highest BCUT2D eigenvalue weighted by Crippen LogP contribution is 2.36. The number of benzene rings is 1. The smallest absolute Gasteiger partial charge is 0.233 e. The molecular formula is C18H21NO2S2. The summed E-state index contributed by atoms with van der Waals surface area (Å²) >= 11 is 3.58. The number of hydrogen-bond donors (Lipinski definition) is 0. The first-order chi connectivity index (χ1) is 11.3. The van der Waals surface area contributed by atoms with Crippen LogP contribution >= 0.6 is 23.5 Å². The monoisotopic (exact) mass is 347 g/mol. The van der Waals surface area contributed by atoms with E-state index in [-0.39, 0.29) is 11.3 Å². The van der Waals surface area contributed by atoms with Crippen LogP contribution in [0.2, 0.25) is 0 Å². The van der Waals surface area contributed by atoms with Gasteiger partial charge in [0.2, 0.25) is 5.91 Å². The summed E-state index contributed by atoms with van der Waals surface area (Å²) in [5.74, 6) is 4.01. The van der Waals surface area contributed by atoms with Gasteiger partial charge in [-0.1, -0.05) is 37.3 Å². The fraction of sp³-hybridized carbons (Fsp3) is 0.389. The van der Waals surface area contributed by atoms with E-state index >= 15 is 0 Å². The van der Waals surface area contributed by atoms with Gasteiger partial charge < -0.3 is 9.32 Å². The number of rotatable bonds is 7. The number of furan rings is 1. The summed E-state index contributed by atoms with van der Waals surface area (Å²) in [4.78, 5) is 14.3. The van der Waals surface area contributed by atoms with Crippen molar-refractivity contribution >= 4 is 29.4 Å². The average molecular weight is 348 g/mol. The molecule has 1 aliphatic rings. The molecule has 2 unspecified atom stereocenters. The summed E-state index contributed by atoms with van der Waals surface area (Å²) < 4.78 is 5.34. The molecule has 0 bridgehead atoms. The fourth-order valence-electron chi connectivity index (χ4n) is 2.79. The lowest BCUT2D eigenvalue weighted by molar-refractivity contribution is -0.127. The number of nitrogens with zero attached hydrogens (tertiary/aromatic N) is 1. The van der Waals surface area contributed by atoms with Crippen LogP contribution in [-0.2, 0) is 10.5 Å². The Morgan fingerprint density at radius 3 is 2.87 bits per heavy atom. The summed E-state index contributed by atoms with van der Waals surface area (Å²) in [7, 11) is 0. The number of carbonyl (C=O) groups is 1. The van der Waals surface area contributed by atoms with Crippen LogP contribution in [0.25, 0.3) is 0 Å². The lowest BCUT2D eigenvalue weighted by Crippen LogP contribution is -2.37. The van der Waals surface area contributed by atoms with Crippen LogP contribution in [-0.4, -0.2) is 34.2 Å². The minimum Gasteiger partial charge on any atom is -0.468 e. The Balaban J connectivity index is 1.54. The molecule has 1 aromatic heterocycles. The molecule has 2 aromatic rings. The van der Waals surface area contributed by atoms with Gasteiger partial charge in [0.15, 0.2) is 0 Å². The molecule has 0 aliphatic carbocycles. The van der Waals surface area contributed by atoms with E-state index in [1.165, 1.54) is 5.56 Å². The van der Waals surface area contributed by atoms with E-state index in [9.17, 15) is 4.79 Å². The third-order valence-corrected chi connectivity index (χ3v) is 6.44. The first-order valence-electron chi connectivity index (χ1n) is 7.82. The van der Waals surface area contributed by atoms with Crippen LogP contribution in [0.4, 0.5) is 0 Å². The fourth-order valence-corrected chi connectivity index (χ4v) is 4.95. The maximum Gasteiger partial charge on any atom is 0.233 e. The van der Waals surface area contributed by atoms with Crippen molar-refractivity contribution in [2.45, 2.75) is 24.0 Å².